The molecule has 4 rings (SSSR count). The molecule has 41 heavy (non-hydrogen) atoms. The summed E-state index contributed by atoms with van der Waals surface area (Å²) in [4.78, 5) is 13.8. The van der Waals surface area contributed by atoms with E-state index in [-0.39, 0.29) is 46.1 Å². The van der Waals surface area contributed by atoms with Gasteiger partial charge in [-0.25, -0.2) is 0 Å². The molecule has 0 aromatic heterocycles. The molecule has 5 atom stereocenters. The van der Waals surface area contributed by atoms with Gasteiger partial charge in [-0.05, 0) is 16.7 Å². The van der Waals surface area contributed by atoms with Crippen LogP contribution in [0.1, 0.15) is 16.7 Å². The van der Waals surface area contributed by atoms with Gasteiger partial charge in [0.1, 0.15) is 12.2 Å². The number of hydrogen-bond acceptors (Lipinski definition) is 9. The first-order chi connectivity index (χ1) is 20.1. The van der Waals surface area contributed by atoms with Crippen molar-refractivity contribution in [3.63, 3.8) is 0 Å². The van der Waals surface area contributed by atoms with Gasteiger partial charge in [0.2, 0.25) is 0 Å². The molecule has 3 aromatic rings. The molecule has 0 spiro atoms. The van der Waals surface area contributed by atoms with E-state index in [0.717, 1.165) is 16.7 Å². The fourth-order valence-corrected chi connectivity index (χ4v) is 4.98. The molecule has 0 unspecified atom stereocenters. The minimum atomic E-state index is -1.36. The number of hydrogen-bond donors (Lipinski definition) is 2. The Labute approximate surface area is 240 Å². The van der Waals surface area contributed by atoms with Gasteiger partial charge in [-0.15, -0.1) is 0 Å². The Balaban J connectivity index is 1.64. The molecule has 10 nitrogen and oxygen atoms in total. The zero-order valence-corrected chi connectivity index (χ0v) is 22.9. The summed E-state index contributed by atoms with van der Waals surface area (Å²) in [5, 5.41) is 32.0. The van der Waals surface area contributed by atoms with Crippen molar-refractivity contribution >= 4 is 0 Å². The highest BCUT2D eigenvalue weighted by Crippen LogP contribution is 2.31. The van der Waals surface area contributed by atoms with E-state index in [1.54, 1.807) is 4.90 Å². The first-order valence-electron chi connectivity index (χ1n) is 13.8. The molecule has 1 aliphatic heterocycles. The van der Waals surface area contributed by atoms with Crippen LogP contribution >= 0.6 is 0 Å². The van der Waals surface area contributed by atoms with E-state index in [0.29, 0.717) is 6.61 Å². The van der Waals surface area contributed by atoms with Crippen molar-refractivity contribution in [2.24, 2.45) is 0 Å². The lowest BCUT2D eigenvalue weighted by Crippen LogP contribution is -2.67. The van der Waals surface area contributed by atoms with Crippen LogP contribution in [0.2, 0.25) is 0 Å². The molecule has 10 heteroatoms. The summed E-state index contributed by atoms with van der Waals surface area (Å²) >= 11 is 0. The van der Waals surface area contributed by atoms with Crippen molar-refractivity contribution in [3.8, 4) is 0 Å². The molecular formula is C31H38N2O8. The highest BCUT2D eigenvalue weighted by atomic mass is 16.7. The van der Waals surface area contributed by atoms with Crippen molar-refractivity contribution in [2.75, 3.05) is 32.9 Å². The van der Waals surface area contributed by atoms with E-state index in [1.165, 1.54) is 0 Å². The van der Waals surface area contributed by atoms with Crippen LogP contribution in [-0.2, 0) is 38.8 Å². The number of aliphatic hydroxyl groups excluding tert-OH is 2. The van der Waals surface area contributed by atoms with Crippen LogP contribution < -0.4 is 0 Å². The van der Waals surface area contributed by atoms with Gasteiger partial charge in [0.15, 0.2) is 12.3 Å². The smallest absolute Gasteiger partial charge is 0.280 e. The van der Waals surface area contributed by atoms with Crippen molar-refractivity contribution < 1.29 is 34.1 Å². The predicted octanol–water partition coefficient (Wildman–Crippen LogP) is 3.03. The fourth-order valence-electron chi connectivity index (χ4n) is 4.98. The number of nitrogens with zero attached hydrogens (tertiary/aromatic N) is 2. The molecule has 0 aliphatic carbocycles. The molecule has 0 amide bonds. The quantitative estimate of drug-likeness (QED) is 0.199. The largest absolute Gasteiger partial charge is 0.395 e. The van der Waals surface area contributed by atoms with Crippen molar-refractivity contribution in [3.05, 3.63) is 118 Å². The summed E-state index contributed by atoms with van der Waals surface area (Å²) in [5.41, 5.74) is 2.74. The second kappa shape index (κ2) is 16.3. The molecule has 0 radical (unpaired) electrons. The maximum absolute atomic E-state index is 12.6. The van der Waals surface area contributed by atoms with Gasteiger partial charge in [0.05, 0.1) is 39.6 Å². The summed E-state index contributed by atoms with van der Waals surface area (Å²) in [7, 11) is 0. The van der Waals surface area contributed by atoms with Crippen LogP contribution in [0.5, 0.6) is 0 Å². The van der Waals surface area contributed by atoms with Crippen molar-refractivity contribution in [1.82, 2.24) is 4.90 Å². The molecule has 1 heterocycles. The van der Waals surface area contributed by atoms with Crippen LogP contribution in [-0.4, -0.2) is 83.5 Å². The minimum absolute atomic E-state index is 0.0775. The Morgan fingerprint density at radius 1 is 0.732 bits per heavy atom. The second-order valence-electron chi connectivity index (χ2n) is 9.85. The fraction of sp³-hybridized carbons (Fsp3) is 0.419. The normalized spacial score (nSPS) is 22.6. The van der Waals surface area contributed by atoms with E-state index >= 15 is 0 Å². The molecule has 1 saturated heterocycles. The van der Waals surface area contributed by atoms with Crippen LogP contribution in [0.3, 0.4) is 0 Å². The lowest BCUT2D eigenvalue weighted by Gasteiger charge is -2.45. The van der Waals surface area contributed by atoms with Gasteiger partial charge in [-0.2, -0.15) is 0 Å². The van der Waals surface area contributed by atoms with Gasteiger partial charge in [-0.1, -0.05) is 91.0 Å². The Morgan fingerprint density at radius 2 is 1.20 bits per heavy atom. The maximum Gasteiger partial charge on any atom is 0.280 e. The third-order valence-electron chi connectivity index (χ3n) is 6.98. The Morgan fingerprint density at radius 3 is 1.66 bits per heavy atom. The van der Waals surface area contributed by atoms with Crippen LogP contribution in [0.25, 0.3) is 0 Å². The molecule has 1 aliphatic rings. The number of rotatable bonds is 16. The first kappa shape index (κ1) is 30.7. The summed E-state index contributed by atoms with van der Waals surface area (Å²) < 4.78 is 25.1. The molecule has 3 aromatic carbocycles. The number of benzene rings is 3. The molecule has 2 N–H and O–H groups in total. The lowest BCUT2D eigenvalue weighted by atomic mass is 9.94. The Hall–Kier alpha value is -3.22. The average molecular weight is 567 g/mol. The Bertz CT molecular complexity index is 1150. The third-order valence-corrected chi connectivity index (χ3v) is 6.98. The molecular weight excluding hydrogens is 528 g/mol. The predicted molar refractivity (Wildman–Crippen MR) is 151 cm³/mol. The summed E-state index contributed by atoms with van der Waals surface area (Å²) in [6.07, 6.45) is -3.68. The van der Waals surface area contributed by atoms with E-state index in [1.807, 2.05) is 91.0 Å². The van der Waals surface area contributed by atoms with E-state index < -0.39 is 35.5 Å². The molecule has 220 valence electrons. The van der Waals surface area contributed by atoms with Gasteiger partial charge >= 0.3 is 0 Å². The maximum atomic E-state index is 12.6. The molecule has 0 saturated carbocycles. The monoisotopic (exact) mass is 566 g/mol. The standard InChI is InChI=1S/C31H38N2O8/c34-18-16-32(17-19-35)31-28(33(36)37)30(40-22-26-14-8-3-9-15-26)29(39-21-25-12-6-2-7-13-25)27(41-31)23-38-20-24-10-4-1-5-11-24/h1-15,27-31,34-35H,16-23H2/t27-,28-,29-,30-,31-/m1/s1. The highest BCUT2D eigenvalue weighted by Gasteiger charge is 2.55. The van der Waals surface area contributed by atoms with E-state index in [9.17, 15) is 20.3 Å². The summed E-state index contributed by atoms with van der Waals surface area (Å²) in [6, 6.07) is 27.3. The first-order valence-corrected chi connectivity index (χ1v) is 13.8. The summed E-state index contributed by atoms with van der Waals surface area (Å²) in [5.74, 6) is 0. The van der Waals surface area contributed by atoms with Crippen molar-refractivity contribution in [1.29, 1.82) is 0 Å². The minimum Gasteiger partial charge on any atom is -0.395 e. The summed E-state index contributed by atoms with van der Waals surface area (Å²) in [6.45, 7) is 0.370. The molecule has 0 bridgehead atoms. The van der Waals surface area contributed by atoms with Gasteiger partial charge < -0.3 is 29.2 Å². The van der Waals surface area contributed by atoms with Gasteiger partial charge in [0, 0.05) is 18.0 Å². The highest BCUT2D eigenvalue weighted by molar-refractivity contribution is 5.15. The van der Waals surface area contributed by atoms with Crippen molar-refractivity contribution in [2.45, 2.75) is 50.4 Å². The van der Waals surface area contributed by atoms with E-state index in [4.69, 9.17) is 18.9 Å². The SMILES string of the molecule is O=[N+]([O-])[C@@H]1[C@@H](OCc2ccccc2)[C@H](OCc2ccccc2)[C@@H](COCc2ccccc2)O[C@H]1N(CCO)CCO. The van der Waals surface area contributed by atoms with Crippen LogP contribution in [0.15, 0.2) is 91.0 Å². The zero-order chi connectivity index (χ0) is 28.9. The lowest BCUT2D eigenvalue weighted by molar-refractivity contribution is -0.569. The Kier molecular flexibility index (Phi) is 12.2. The average Bonchev–Trinajstić information content (AvgIpc) is 3.00. The van der Waals surface area contributed by atoms with E-state index in [2.05, 4.69) is 0 Å². The molecule has 1 fully saturated rings. The third kappa shape index (κ3) is 8.88. The van der Waals surface area contributed by atoms with Gasteiger partial charge in [-0.3, -0.25) is 15.0 Å². The number of aliphatic hydroxyl groups is 2. The van der Waals surface area contributed by atoms with Gasteiger partial charge in [0.25, 0.3) is 6.04 Å². The van der Waals surface area contributed by atoms with Crippen LogP contribution in [0, 0.1) is 10.1 Å². The second-order valence-corrected chi connectivity index (χ2v) is 9.85. The zero-order valence-electron chi connectivity index (χ0n) is 22.9. The van der Waals surface area contributed by atoms with Crippen LogP contribution in [0.4, 0.5) is 0 Å². The number of ether oxygens (including phenoxy) is 4. The topological polar surface area (TPSA) is 124 Å². The number of nitro groups is 1.